The predicted octanol–water partition coefficient (Wildman–Crippen LogP) is 2.12. The molecule has 0 saturated heterocycles. The molecule has 0 fully saturated rings. The first kappa shape index (κ1) is 13.0. The molecule has 0 aliphatic carbocycles. The molecule has 0 aliphatic rings. The molecule has 0 heterocycles. The van der Waals surface area contributed by atoms with Gasteiger partial charge in [-0.05, 0) is 38.5 Å². The van der Waals surface area contributed by atoms with Crippen molar-refractivity contribution in [1.29, 1.82) is 0 Å². The van der Waals surface area contributed by atoms with E-state index in [1.54, 1.807) is 7.11 Å². The Bertz CT molecular complexity index is 314. The lowest BCUT2D eigenvalue weighted by molar-refractivity contribution is 0.217. The molecule has 1 aromatic rings. The second kappa shape index (κ2) is 5.32. The number of aliphatic hydroxyl groups excluding tert-OH is 1. The summed E-state index contributed by atoms with van der Waals surface area (Å²) in [4.78, 5) is 0. The van der Waals surface area contributed by atoms with Crippen LogP contribution in [0.3, 0.4) is 0 Å². The monoisotopic (exact) mass is 223 g/mol. The molecule has 3 heteroatoms. The Labute approximate surface area is 97.4 Å². The number of hydrogen-bond donors (Lipinski definition) is 2. The van der Waals surface area contributed by atoms with Gasteiger partial charge in [0.2, 0.25) is 0 Å². The van der Waals surface area contributed by atoms with Gasteiger partial charge in [-0.3, -0.25) is 0 Å². The molecule has 0 saturated carbocycles. The van der Waals surface area contributed by atoms with E-state index < -0.39 is 0 Å². The van der Waals surface area contributed by atoms with Crippen LogP contribution in [0.15, 0.2) is 24.3 Å². The largest absolute Gasteiger partial charge is 0.497 e. The average Bonchev–Trinajstić information content (AvgIpc) is 2.25. The minimum absolute atomic E-state index is 0.0205. The minimum Gasteiger partial charge on any atom is -0.497 e. The highest BCUT2D eigenvalue weighted by Gasteiger charge is 2.17. The van der Waals surface area contributed by atoms with E-state index in [2.05, 4.69) is 26.1 Å². The maximum Gasteiger partial charge on any atom is 0.118 e. The fourth-order valence-electron chi connectivity index (χ4n) is 1.59. The van der Waals surface area contributed by atoms with E-state index in [1.807, 2.05) is 24.3 Å². The number of methoxy groups -OCH3 is 1. The Morgan fingerprint density at radius 3 is 2.19 bits per heavy atom. The molecule has 3 nitrogen and oxygen atoms in total. The number of aliphatic hydroxyl groups is 1. The maximum absolute atomic E-state index is 9.38. The van der Waals surface area contributed by atoms with Crippen LogP contribution in [0.25, 0.3) is 0 Å². The highest BCUT2D eigenvalue weighted by molar-refractivity contribution is 5.29. The van der Waals surface area contributed by atoms with Gasteiger partial charge in [0.25, 0.3) is 0 Å². The predicted molar refractivity (Wildman–Crippen MR) is 65.7 cm³/mol. The van der Waals surface area contributed by atoms with Gasteiger partial charge in [0.15, 0.2) is 0 Å². The molecule has 1 aromatic carbocycles. The summed E-state index contributed by atoms with van der Waals surface area (Å²) in [6, 6.07) is 7.72. The van der Waals surface area contributed by atoms with Gasteiger partial charge in [0, 0.05) is 5.54 Å². The Morgan fingerprint density at radius 2 is 1.81 bits per heavy atom. The number of ether oxygens (including phenoxy) is 1. The molecular weight excluding hydrogens is 202 g/mol. The molecule has 0 radical (unpaired) electrons. The van der Waals surface area contributed by atoms with Crippen LogP contribution in [0.4, 0.5) is 0 Å². The van der Waals surface area contributed by atoms with Gasteiger partial charge in [-0.15, -0.1) is 0 Å². The zero-order chi connectivity index (χ0) is 12.2. The first-order chi connectivity index (χ1) is 7.46. The topological polar surface area (TPSA) is 41.5 Å². The third-order valence-corrected chi connectivity index (χ3v) is 2.31. The van der Waals surface area contributed by atoms with Crippen LogP contribution in [-0.2, 0) is 0 Å². The van der Waals surface area contributed by atoms with E-state index in [1.165, 1.54) is 0 Å². The SMILES string of the molecule is COc1ccc([C@H](CO)NC(C)(C)C)cc1. The van der Waals surface area contributed by atoms with Crippen molar-refractivity contribution in [2.75, 3.05) is 13.7 Å². The van der Waals surface area contributed by atoms with Gasteiger partial charge in [-0.1, -0.05) is 12.1 Å². The Kier molecular flexibility index (Phi) is 4.33. The Hall–Kier alpha value is -1.06. The van der Waals surface area contributed by atoms with Crippen molar-refractivity contribution < 1.29 is 9.84 Å². The van der Waals surface area contributed by atoms with Gasteiger partial charge in [0.1, 0.15) is 5.75 Å². The summed E-state index contributed by atoms with van der Waals surface area (Å²) in [6.45, 7) is 6.33. The van der Waals surface area contributed by atoms with Crippen LogP contribution in [-0.4, -0.2) is 24.4 Å². The molecule has 0 unspecified atom stereocenters. The third kappa shape index (κ3) is 3.83. The molecule has 0 amide bonds. The fourth-order valence-corrected chi connectivity index (χ4v) is 1.59. The highest BCUT2D eigenvalue weighted by atomic mass is 16.5. The van der Waals surface area contributed by atoms with Crippen molar-refractivity contribution in [2.24, 2.45) is 0 Å². The lowest BCUT2D eigenvalue weighted by Gasteiger charge is -2.27. The van der Waals surface area contributed by atoms with E-state index in [0.29, 0.717) is 0 Å². The average molecular weight is 223 g/mol. The van der Waals surface area contributed by atoms with E-state index in [0.717, 1.165) is 11.3 Å². The second-order valence-electron chi connectivity index (χ2n) is 4.90. The van der Waals surface area contributed by atoms with Crippen molar-refractivity contribution in [3.63, 3.8) is 0 Å². The summed E-state index contributed by atoms with van der Waals surface area (Å²) in [6.07, 6.45) is 0. The minimum atomic E-state index is -0.0362. The lowest BCUT2D eigenvalue weighted by atomic mass is 10.0. The summed E-state index contributed by atoms with van der Waals surface area (Å²) in [5.74, 6) is 0.830. The van der Waals surface area contributed by atoms with E-state index >= 15 is 0 Å². The second-order valence-corrected chi connectivity index (χ2v) is 4.90. The van der Waals surface area contributed by atoms with Gasteiger partial charge in [-0.2, -0.15) is 0 Å². The number of hydrogen-bond acceptors (Lipinski definition) is 3. The summed E-state index contributed by atoms with van der Waals surface area (Å²) in [5.41, 5.74) is 1.05. The number of benzene rings is 1. The summed E-state index contributed by atoms with van der Waals surface area (Å²) in [7, 11) is 1.64. The first-order valence-electron chi connectivity index (χ1n) is 5.49. The van der Waals surface area contributed by atoms with Crippen molar-refractivity contribution in [2.45, 2.75) is 32.4 Å². The highest BCUT2D eigenvalue weighted by Crippen LogP contribution is 2.19. The van der Waals surface area contributed by atoms with Crippen molar-refractivity contribution >= 4 is 0 Å². The van der Waals surface area contributed by atoms with Gasteiger partial charge in [-0.25, -0.2) is 0 Å². The van der Waals surface area contributed by atoms with E-state index in [4.69, 9.17) is 4.74 Å². The number of rotatable bonds is 4. The Balaban J connectivity index is 2.79. The molecule has 1 rings (SSSR count). The van der Waals surface area contributed by atoms with Crippen LogP contribution in [0.2, 0.25) is 0 Å². The van der Waals surface area contributed by atoms with Crippen LogP contribution >= 0.6 is 0 Å². The smallest absolute Gasteiger partial charge is 0.118 e. The normalized spacial score (nSPS) is 13.6. The summed E-state index contributed by atoms with van der Waals surface area (Å²) >= 11 is 0. The van der Waals surface area contributed by atoms with Crippen LogP contribution < -0.4 is 10.1 Å². The molecule has 16 heavy (non-hydrogen) atoms. The molecule has 1 atom stereocenters. The quantitative estimate of drug-likeness (QED) is 0.821. The first-order valence-corrected chi connectivity index (χ1v) is 5.49. The van der Waals surface area contributed by atoms with Crippen molar-refractivity contribution in [1.82, 2.24) is 5.32 Å². The van der Waals surface area contributed by atoms with Gasteiger partial charge in [0.05, 0.1) is 19.8 Å². The molecular formula is C13H21NO2. The zero-order valence-corrected chi connectivity index (χ0v) is 10.4. The van der Waals surface area contributed by atoms with E-state index in [9.17, 15) is 5.11 Å². The molecule has 0 spiro atoms. The fraction of sp³-hybridized carbons (Fsp3) is 0.538. The van der Waals surface area contributed by atoms with E-state index in [-0.39, 0.29) is 18.2 Å². The standard InChI is InChI=1S/C13H21NO2/c1-13(2,3)14-12(9-15)10-5-7-11(16-4)8-6-10/h5-8,12,14-15H,9H2,1-4H3/t12-/m0/s1. The van der Waals surface area contributed by atoms with Gasteiger partial charge < -0.3 is 15.2 Å². The van der Waals surface area contributed by atoms with Crippen LogP contribution in [0, 0.1) is 0 Å². The van der Waals surface area contributed by atoms with Crippen molar-refractivity contribution in [3.8, 4) is 5.75 Å². The molecule has 0 aliphatic heterocycles. The van der Waals surface area contributed by atoms with Crippen molar-refractivity contribution in [3.05, 3.63) is 29.8 Å². The maximum atomic E-state index is 9.38. The molecule has 2 N–H and O–H groups in total. The van der Waals surface area contributed by atoms with Gasteiger partial charge >= 0.3 is 0 Å². The third-order valence-electron chi connectivity index (χ3n) is 2.31. The molecule has 90 valence electrons. The van der Waals surface area contributed by atoms with Crippen LogP contribution in [0.5, 0.6) is 5.75 Å². The molecule has 0 bridgehead atoms. The zero-order valence-electron chi connectivity index (χ0n) is 10.4. The number of nitrogens with one attached hydrogen (secondary N) is 1. The molecule has 0 aromatic heterocycles. The Morgan fingerprint density at radius 1 is 1.25 bits per heavy atom. The summed E-state index contributed by atoms with van der Waals surface area (Å²) in [5, 5.41) is 12.7. The van der Waals surface area contributed by atoms with Crippen LogP contribution in [0.1, 0.15) is 32.4 Å². The summed E-state index contributed by atoms with van der Waals surface area (Å²) < 4.78 is 5.10. The lowest BCUT2D eigenvalue weighted by Crippen LogP contribution is -2.40.